The highest BCUT2D eigenvalue weighted by molar-refractivity contribution is 7.16. The molecule has 2 rings (SSSR count). The Kier molecular flexibility index (Phi) is 2.65. The van der Waals surface area contributed by atoms with Crippen molar-refractivity contribution in [2.45, 2.75) is 19.0 Å². The SMILES string of the molecule is Cc1[c]sc2ccc(C(F)(F)C(F)(F)F)cc12. The van der Waals surface area contributed by atoms with Gasteiger partial charge >= 0.3 is 12.1 Å². The molecule has 1 radical (unpaired) electrons. The standard InChI is InChI=1S/C11H6F5S/c1-6-5-17-9-3-2-7(4-8(6)9)10(12,13)11(14,15)16/h2-4H,1H3. The van der Waals surface area contributed by atoms with Gasteiger partial charge in [-0.3, -0.25) is 0 Å². The summed E-state index contributed by atoms with van der Waals surface area (Å²) in [5, 5.41) is 3.20. The third kappa shape index (κ3) is 1.90. The lowest BCUT2D eigenvalue weighted by molar-refractivity contribution is -0.289. The van der Waals surface area contributed by atoms with Gasteiger partial charge in [0.1, 0.15) is 0 Å². The first-order chi connectivity index (χ1) is 7.73. The Morgan fingerprint density at radius 1 is 1.12 bits per heavy atom. The molecule has 0 aliphatic rings. The summed E-state index contributed by atoms with van der Waals surface area (Å²) < 4.78 is 63.4. The van der Waals surface area contributed by atoms with Crippen molar-refractivity contribution in [1.82, 2.24) is 0 Å². The fourth-order valence-corrected chi connectivity index (χ4v) is 2.29. The van der Waals surface area contributed by atoms with Gasteiger partial charge in [-0.25, -0.2) is 0 Å². The van der Waals surface area contributed by atoms with E-state index in [1.165, 1.54) is 17.4 Å². The molecule has 1 aromatic carbocycles. The summed E-state index contributed by atoms with van der Waals surface area (Å²) in [7, 11) is 0. The monoisotopic (exact) mass is 265 g/mol. The van der Waals surface area contributed by atoms with Gasteiger partial charge in [-0.1, -0.05) is 6.07 Å². The van der Waals surface area contributed by atoms with Crippen LogP contribution >= 0.6 is 11.3 Å². The Bertz CT molecular complexity index is 552. The van der Waals surface area contributed by atoms with Gasteiger partial charge in [0.2, 0.25) is 0 Å². The molecule has 2 aromatic rings. The lowest BCUT2D eigenvalue weighted by atomic mass is 10.0. The maximum absolute atomic E-state index is 13.1. The maximum Gasteiger partial charge on any atom is 0.458 e. The Balaban J connectivity index is 2.60. The van der Waals surface area contributed by atoms with E-state index in [1.54, 1.807) is 6.92 Å². The largest absolute Gasteiger partial charge is 0.458 e. The molecule has 0 atom stereocenters. The summed E-state index contributed by atoms with van der Waals surface area (Å²) in [4.78, 5) is 0. The summed E-state index contributed by atoms with van der Waals surface area (Å²) in [6.45, 7) is 1.62. The average Bonchev–Trinajstić information content (AvgIpc) is 2.58. The van der Waals surface area contributed by atoms with E-state index < -0.39 is 17.7 Å². The Morgan fingerprint density at radius 2 is 1.76 bits per heavy atom. The molecule has 0 aliphatic carbocycles. The smallest absolute Gasteiger partial charge is 0.191 e. The van der Waals surface area contributed by atoms with Gasteiger partial charge in [-0.15, -0.1) is 11.3 Å². The zero-order valence-electron chi connectivity index (χ0n) is 8.53. The fraction of sp³-hybridized carbons (Fsp3) is 0.273. The summed E-state index contributed by atoms with van der Waals surface area (Å²) in [6, 6.07) is 2.95. The van der Waals surface area contributed by atoms with Crippen molar-refractivity contribution >= 4 is 21.4 Å². The zero-order chi connectivity index (χ0) is 12.8. The lowest BCUT2D eigenvalue weighted by Crippen LogP contribution is -2.33. The first-order valence-electron chi connectivity index (χ1n) is 4.59. The van der Waals surface area contributed by atoms with Crippen molar-refractivity contribution < 1.29 is 22.0 Å². The number of fused-ring (bicyclic) bond motifs is 1. The van der Waals surface area contributed by atoms with E-state index in [2.05, 4.69) is 5.38 Å². The molecule has 0 saturated heterocycles. The van der Waals surface area contributed by atoms with Crippen LogP contribution in [0, 0.1) is 12.3 Å². The number of thiophene rings is 1. The van der Waals surface area contributed by atoms with Crippen LogP contribution in [0.1, 0.15) is 11.1 Å². The van der Waals surface area contributed by atoms with Crippen molar-refractivity contribution in [3.8, 4) is 0 Å². The molecule has 17 heavy (non-hydrogen) atoms. The minimum Gasteiger partial charge on any atom is -0.191 e. The van der Waals surface area contributed by atoms with Gasteiger partial charge in [-0.2, -0.15) is 22.0 Å². The molecule has 0 unspecified atom stereocenters. The molecule has 0 aliphatic heterocycles. The van der Waals surface area contributed by atoms with Crippen LogP contribution in [-0.2, 0) is 5.92 Å². The average molecular weight is 265 g/mol. The highest BCUT2D eigenvalue weighted by Gasteiger charge is 2.58. The number of hydrogen-bond acceptors (Lipinski definition) is 1. The van der Waals surface area contributed by atoms with Gasteiger partial charge in [0.05, 0.1) is 0 Å². The third-order valence-electron chi connectivity index (χ3n) is 2.42. The molecular formula is C11H6F5S. The molecule has 1 heterocycles. The quantitative estimate of drug-likeness (QED) is 0.657. The number of hydrogen-bond donors (Lipinski definition) is 0. The molecule has 0 fully saturated rings. The van der Waals surface area contributed by atoms with E-state index in [9.17, 15) is 22.0 Å². The summed E-state index contributed by atoms with van der Waals surface area (Å²) in [6.07, 6.45) is -5.58. The van der Waals surface area contributed by atoms with Crippen LogP contribution in [0.2, 0.25) is 0 Å². The summed E-state index contributed by atoms with van der Waals surface area (Å²) in [5.41, 5.74) is -0.461. The molecule has 6 heteroatoms. The lowest BCUT2D eigenvalue weighted by Gasteiger charge is -2.19. The van der Waals surface area contributed by atoms with Crippen molar-refractivity contribution in [1.29, 1.82) is 0 Å². The minimum atomic E-state index is -5.58. The highest BCUT2D eigenvalue weighted by Crippen LogP contribution is 2.44. The van der Waals surface area contributed by atoms with Gasteiger partial charge in [0.15, 0.2) is 0 Å². The maximum atomic E-state index is 13.1. The number of benzene rings is 1. The van der Waals surface area contributed by atoms with E-state index in [0.29, 0.717) is 15.6 Å². The van der Waals surface area contributed by atoms with E-state index >= 15 is 0 Å². The molecule has 0 spiro atoms. The summed E-state index contributed by atoms with van der Waals surface area (Å²) >= 11 is 1.19. The number of halogens is 5. The van der Waals surface area contributed by atoms with Crippen LogP contribution < -0.4 is 0 Å². The second-order valence-corrected chi connectivity index (χ2v) is 4.46. The number of rotatable bonds is 1. The van der Waals surface area contributed by atoms with E-state index in [0.717, 1.165) is 12.1 Å². The van der Waals surface area contributed by atoms with Crippen LogP contribution in [0.5, 0.6) is 0 Å². The van der Waals surface area contributed by atoms with Crippen LogP contribution in [0.15, 0.2) is 18.2 Å². The van der Waals surface area contributed by atoms with Crippen molar-refractivity contribution in [2.75, 3.05) is 0 Å². The number of aryl methyl sites for hydroxylation is 1. The minimum absolute atomic E-state index is 0.386. The van der Waals surface area contributed by atoms with Crippen LogP contribution in [0.3, 0.4) is 0 Å². The van der Waals surface area contributed by atoms with Gasteiger partial charge in [0, 0.05) is 15.6 Å². The Labute approximate surface area is 97.7 Å². The Morgan fingerprint density at radius 3 is 2.35 bits per heavy atom. The molecule has 0 N–H and O–H groups in total. The molecule has 91 valence electrons. The fourth-order valence-electron chi connectivity index (χ4n) is 1.46. The van der Waals surface area contributed by atoms with Crippen LogP contribution in [-0.4, -0.2) is 6.18 Å². The third-order valence-corrected chi connectivity index (χ3v) is 3.40. The van der Waals surface area contributed by atoms with E-state index in [1.807, 2.05) is 0 Å². The van der Waals surface area contributed by atoms with E-state index in [-0.39, 0.29) is 0 Å². The molecule has 0 saturated carbocycles. The first kappa shape index (κ1) is 12.3. The summed E-state index contributed by atoms with van der Waals surface area (Å²) in [5.74, 6) is -4.82. The van der Waals surface area contributed by atoms with Crippen LogP contribution in [0.4, 0.5) is 22.0 Å². The van der Waals surface area contributed by atoms with Gasteiger partial charge < -0.3 is 0 Å². The second-order valence-electron chi connectivity index (χ2n) is 3.61. The predicted octanol–water partition coefficient (Wildman–Crippen LogP) is 4.66. The molecule has 0 bridgehead atoms. The van der Waals surface area contributed by atoms with Crippen molar-refractivity contribution in [3.05, 3.63) is 34.7 Å². The van der Waals surface area contributed by atoms with Crippen molar-refractivity contribution in [2.24, 2.45) is 0 Å². The number of alkyl halides is 5. The zero-order valence-corrected chi connectivity index (χ0v) is 9.35. The first-order valence-corrected chi connectivity index (χ1v) is 5.41. The molecular weight excluding hydrogens is 259 g/mol. The van der Waals surface area contributed by atoms with Gasteiger partial charge in [-0.05, 0) is 30.0 Å². The molecule has 1 aromatic heterocycles. The Hall–Kier alpha value is -1.17. The van der Waals surface area contributed by atoms with Crippen LogP contribution in [0.25, 0.3) is 10.1 Å². The normalized spacial score (nSPS) is 13.3. The van der Waals surface area contributed by atoms with E-state index in [4.69, 9.17) is 0 Å². The van der Waals surface area contributed by atoms with Crippen molar-refractivity contribution in [3.63, 3.8) is 0 Å². The molecule has 0 nitrogen and oxygen atoms in total. The molecule has 0 amide bonds. The predicted molar refractivity (Wildman–Crippen MR) is 55.3 cm³/mol. The van der Waals surface area contributed by atoms with Gasteiger partial charge in [0.25, 0.3) is 0 Å². The second kappa shape index (κ2) is 3.66. The highest BCUT2D eigenvalue weighted by atomic mass is 32.1. The topological polar surface area (TPSA) is 0 Å².